The fourth-order valence-electron chi connectivity index (χ4n) is 3.40. The number of likely N-dealkylation sites (N-methyl/N-ethyl adjacent to an activating group) is 1. The van der Waals surface area contributed by atoms with Gasteiger partial charge >= 0.3 is 0 Å². The average Bonchev–Trinajstić information content (AvgIpc) is 2.76. The van der Waals surface area contributed by atoms with Crippen molar-refractivity contribution in [2.45, 2.75) is 52.5 Å². The van der Waals surface area contributed by atoms with Crippen molar-refractivity contribution in [3.05, 3.63) is 64.1 Å². The molecule has 1 N–H and O–H groups in total. The van der Waals surface area contributed by atoms with Crippen LogP contribution in [0.4, 0.5) is 0 Å². The molecule has 2 aromatic carbocycles. The Balaban J connectivity index is 2.13. The largest absolute Gasteiger partial charge is 0.483 e. The highest BCUT2D eigenvalue weighted by atomic mass is 79.9. The Bertz CT molecular complexity index is 855. The fraction of sp³-hybridized carbons (Fsp3) is 0.440. The molecule has 1 atom stereocenters. The standard InChI is InChI=1S/C25H33BrN2O3/c1-5-22(25(30)27-6-2)28(15-14-19-10-8-7-9-11-19)24(29)17-31-23-13-12-20(18(3)4)16-21(23)26/h7-13,16,18,22H,5-6,14-15,17H2,1-4H3,(H,27,30). The van der Waals surface area contributed by atoms with Gasteiger partial charge in [0.15, 0.2) is 6.61 Å². The summed E-state index contributed by atoms with van der Waals surface area (Å²) in [5.41, 5.74) is 2.32. The van der Waals surface area contributed by atoms with Crippen molar-refractivity contribution < 1.29 is 14.3 Å². The maximum absolute atomic E-state index is 13.1. The molecule has 0 bridgehead atoms. The van der Waals surface area contributed by atoms with Gasteiger partial charge in [0, 0.05) is 13.1 Å². The fourth-order valence-corrected chi connectivity index (χ4v) is 3.91. The van der Waals surface area contributed by atoms with Crippen molar-refractivity contribution in [3.63, 3.8) is 0 Å². The number of halogens is 1. The third kappa shape index (κ3) is 7.39. The molecule has 0 saturated heterocycles. The van der Waals surface area contributed by atoms with E-state index in [1.54, 1.807) is 4.90 Å². The van der Waals surface area contributed by atoms with Crippen LogP contribution in [0.2, 0.25) is 0 Å². The zero-order chi connectivity index (χ0) is 22.8. The second-order valence-electron chi connectivity index (χ2n) is 7.77. The molecule has 31 heavy (non-hydrogen) atoms. The van der Waals surface area contributed by atoms with Gasteiger partial charge in [-0.3, -0.25) is 9.59 Å². The third-order valence-electron chi connectivity index (χ3n) is 5.19. The lowest BCUT2D eigenvalue weighted by Crippen LogP contribution is -2.51. The minimum Gasteiger partial charge on any atom is -0.483 e. The normalized spacial score (nSPS) is 11.8. The summed E-state index contributed by atoms with van der Waals surface area (Å²) >= 11 is 3.54. The van der Waals surface area contributed by atoms with Crippen LogP contribution in [-0.2, 0) is 16.0 Å². The lowest BCUT2D eigenvalue weighted by Gasteiger charge is -2.30. The number of carbonyl (C=O) groups is 2. The highest BCUT2D eigenvalue weighted by Crippen LogP contribution is 2.29. The van der Waals surface area contributed by atoms with E-state index < -0.39 is 6.04 Å². The van der Waals surface area contributed by atoms with Gasteiger partial charge in [-0.1, -0.05) is 57.2 Å². The van der Waals surface area contributed by atoms with Crippen LogP contribution in [0.5, 0.6) is 5.75 Å². The molecule has 0 saturated carbocycles. The zero-order valence-electron chi connectivity index (χ0n) is 18.9. The molecule has 6 heteroatoms. The van der Waals surface area contributed by atoms with Gasteiger partial charge in [0.25, 0.3) is 5.91 Å². The van der Waals surface area contributed by atoms with Crippen LogP contribution in [0.1, 0.15) is 51.2 Å². The Morgan fingerprint density at radius 2 is 1.81 bits per heavy atom. The van der Waals surface area contributed by atoms with Crippen molar-refractivity contribution in [1.29, 1.82) is 0 Å². The Hall–Kier alpha value is -2.34. The first-order valence-electron chi connectivity index (χ1n) is 10.9. The Labute approximate surface area is 194 Å². The second-order valence-corrected chi connectivity index (χ2v) is 8.63. The van der Waals surface area contributed by atoms with E-state index in [0.717, 1.165) is 10.0 Å². The minimum atomic E-state index is -0.522. The van der Waals surface area contributed by atoms with Gasteiger partial charge in [-0.05, 0) is 64.9 Å². The zero-order valence-corrected chi connectivity index (χ0v) is 20.4. The number of benzene rings is 2. The molecule has 168 valence electrons. The lowest BCUT2D eigenvalue weighted by molar-refractivity contribution is -0.142. The van der Waals surface area contributed by atoms with Crippen LogP contribution in [-0.4, -0.2) is 42.5 Å². The van der Waals surface area contributed by atoms with Crippen molar-refractivity contribution >= 4 is 27.7 Å². The molecule has 0 spiro atoms. The minimum absolute atomic E-state index is 0.121. The van der Waals surface area contributed by atoms with Gasteiger partial charge in [-0.25, -0.2) is 0 Å². The summed E-state index contributed by atoms with van der Waals surface area (Å²) in [7, 11) is 0. The summed E-state index contributed by atoms with van der Waals surface area (Å²) in [5.74, 6) is 0.692. The van der Waals surface area contributed by atoms with Crippen molar-refractivity contribution in [1.82, 2.24) is 10.2 Å². The molecule has 0 heterocycles. The predicted octanol–water partition coefficient (Wildman–Crippen LogP) is 4.94. The average molecular weight is 489 g/mol. The summed E-state index contributed by atoms with van der Waals surface area (Å²) in [5, 5.41) is 2.85. The molecular weight excluding hydrogens is 456 g/mol. The van der Waals surface area contributed by atoms with E-state index in [0.29, 0.717) is 37.6 Å². The molecule has 0 aliphatic rings. The van der Waals surface area contributed by atoms with Crippen molar-refractivity contribution in [2.75, 3.05) is 19.7 Å². The summed E-state index contributed by atoms with van der Waals surface area (Å²) in [6.07, 6.45) is 1.22. The molecule has 2 rings (SSSR count). The first-order valence-corrected chi connectivity index (χ1v) is 11.7. The van der Waals surface area contributed by atoms with E-state index in [1.807, 2.05) is 62.4 Å². The summed E-state index contributed by atoms with van der Waals surface area (Å²) in [6.45, 7) is 8.92. The third-order valence-corrected chi connectivity index (χ3v) is 5.81. The number of amides is 2. The number of nitrogens with zero attached hydrogens (tertiary/aromatic N) is 1. The molecule has 0 fully saturated rings. The van der Waals surface area contributed by atoms with Gasteiger partial charge in [0.2, 0.25) is 5.91 Å². The van der Waals surface area contributed by atoms with E-state index in [-0.39, 0.29) is 18.4 Å². The smallest absolute Gasteiger partial charge is 0.261 e. The number of ether oxygens (including phenoxy) is 1. The Morgan fingerprint density at radius 3 is 2.39 bits per heavy atom. The first-order chi connectivity index (χ1) is 14.9. The molecule has 0 aromatic heterocycles. The van der Waals surface area contributed by atoms with Crippen LogP contribution >= 0.6 is 15.9 Å². The number of carbonyl (C=O) groups excluding carboxylic acids is 2. The highest BCUT2D eigenvalue weighted by molar-refractivity contribution is 9.10. The number of nitrogens with one attached hydrogen (secondary N) is 1. The summed E-state index contributed by atoms with van der Waals surface area (Å²) < 4.78 is 6.65. The quantitative estimate of drug-likeness (QED) is 0.487. The Kier molecular flexibility index (Phi) is 10.0. The molecule has 0 radical (unpaired) electrons. The van der Waals surface area contributed by atoms with Crippen LogP contribution in [0.25, 0.3) is 0 Å². The monoisotopic (exact) mass is 488 g/mol. The molecule has 5 nitrogen and oxygen atoms in total. The van der Waals surface area contributed by atoms with Crippen LogP contribution < -0.4 is 10.1 Å². The van der Waals surface area contributed by atoms with E-state index in [4.69, 9.17) is 4.74 Å². The van der Waals surface area contributed by atoms with Gasteiger partial charge < -0.3 is 15.0 Å². The molecular formula is C25H33BrN2O3. The topological polar surface area (TPSA) is 58.6 Å². The van der Waals surface area contributed by atoms with Crippen molar-refractivity contribution in [3.8, 4) is 5.75 Å². The van der Waals surface area contributed by atoms with E-state index >= 15 is 0 Å². The summed E-state index contributed by atoms with van der Waals surface area (Å²) in [4.78, 5) is 27.4. The highest BCUT2D eigenvalue weighted by Gasteiger charge is 2.28. The predicted molar refractivity (Wildman–Crippen MR) is 128 cm³/mol. The van der Waals surface area contributed by atoms with Gasteiger partial charge in [-0.2, -0.15) is 0 Å². The van der Waals surface area contributed by atoms with Crippen LogP contribution in [0.15, 0.2) is 53.0 Å². The molecule has 0 aliphatic carbocycles. The van der Waals surface area contributed by atoms with E-state index in [1.165, 1.54) is 5.56 Å². The number of hydrogen-bond donors (Lipinski definition) is 1. The number of hydrogen-bond acceptors (Lipinski definition) is 3. The first kappa shape index (κ1) is 24.9. The van der Waals surface area contributed by atoms with E-state index in [9.17, 15) is 9.59 Å². The van der Waals surface area contributed by atoms with Crippen LogP contribution in [0, 0.1) is 0 Å². The SMILES string of the molecule is CCNC(=O)C(CC)N(CCc1ccccc1)C(=O)COc1ccc(C(C)C)cc1Br. The van der Waals surface area contributed by atoms with E-state index in [2.05, 4.69) is 35.1 Å². The van der Waals surface area contributed by atoms with Gasteiger partial charge in [-0.15, -0.1) is 0 Å². The maximum Gasteiger partial charge on any atom is 0.261 e. The van der Waals surface area contributed by atoms with Crippen molar-refractivity contribution in [2.24, 2.45) is 0 Å². The molecule has 0 aliphatic heterocycles. The van der Waals surface area contributed by atoms with Gasteiger partial charge in [0.1, 0.15) is 11.8 Å². The van der Waals surface area contributed by atoms with Crippen LogP contribution in [0.3, 0.4) is 0 Å². The number of rotatable bonds is 11. The molecule has 2 amide bonds. The second kappa shape index (κ2) is 12.5. The lowest BCUT2D eigenvalue weighted by atomic mass is 10.0. The maximum atomic E-state index is 13.1. The van der Waals surface area contributed by atoms with Gasteiger partial charge in [0.05, 0.1) is 4.47 Å². The molecule has 1 unspecified atom stereocenters. The summed E-state index contributed by atoms with van der Waals surface area (Å²) in [6, 6.07) is 15.3. The Morgan fingerprint density at radius 1 is 1.10 bits per heavy atom. The molecule has 2 aromatic rings.